The minimum atomic E-state index is -0.149. The molecule has 0 atom stereocenters. The summed E-state index contributed by atoms with van der Waals surface area (Å²) in [5.41, 5.74) is 6.00. The monoisotopic (exact) mass is 468 g/mol. The third-order valence-corrected chi connectivity index (χ3v) is 5.08. The first kappa shape index (κ1) is 17.7. The van der Waals surface area contributed by atoms with Crippen molar-refractivity contribution in [3.63, 3.8) is 0 Å². The molecule has 4 rings (SSSR count). The van der Waals surface area contributed by atoms with Gasteiger partial charge in [-0.2, -0.15) is 0 Å². The maximum atomic E-state index is 12.4. The molecule has 3 aromatic carbocycles. The van der Waals surface area contributed by atoms with Gasteiger partial charge in [0.15, 0.2) is 5.58 Å². The number of nitrogens with one attached hydrogen (secondary N) is 1. The van der Waals surface area contributed by atoms with Gasteiger partial charge in [0.2, 0.25) is 5.89 Å². The highest BCUT2D eigenvalue weighted by molar-refractivity contribution is 14.1. The second-order valence-corrected chi connectivity index (χ2v) is 7.73. The number of halogens is 1. The quantitative estimate of drug-likeness (QED) is 0.377. The smallest absolute Gasteiger partial charge is 0.255 e. The van der Waals surface area contributed by atoms with E-state index in [1.54, 1.807) is 0 Å². The van der Waals surface area contributed by atoms with E-state index in [0.29, 0.717) is 28.2 Å². The van der Waals surface area contributed by atoms with Crippen LogP contribution in [0.25, 0.3) is 22.6 Å². The van der Waals surface area contributed by atoms with E-state index in [1.807, 2.05) is 61.5 Å². The zero-order valence-corrected chi connectivity index (χ0v) is 17.1. The molecule has 4 nitrogen and oxygen atoms in total. The minimum Gasteiger partial charge on any atom is -0.436 e. The lowest BCUT2D eigenvalue weighted by Crippen LogP contribution is -2.11. The van der Waals surface area contributed by atoms with Crippen LogP contribution in [-0.2, 0) is 0 Å². The van der Waals surface area contributed by atoms with Gasteiger partial charge in [-0.3, -0.25) is 4.79 Å². The summed E-state index contributed by atoms with van der Waals surface area (Å²) in [5, 5.41) is 2.91. The number of amides is 1. The van der Waals surface area contributed by atoms with Crippen LogP contribution in [0.3, 0.4) is 0 Å². The fourth-order valence-corrected chi connectivity index (χ4v) is 3.34. The summed E-state index contributed by atoms with van der Waals surface area (Å²) in [7, 11) is 0. The van der Waals surface area contributed by atoms with E-state index < -0.39 is 0 Å². The molecule has 0 aliphatic carbocycles. The SMILES string of the molecule is Cc1ccc(-c2nc3cc(NC(=O)c4ccc(I)cc4)ccc3o2)c(C)c1. The largest absolute Gasteiger partial charge is 0.436 e. The lowest BCUT2D eigenvalue weighted by Gasteiger charge is -2.05. The van der Waals surface area contributed by atoms with Crippen LogP contribution in [-0.4, -0.2) is 10.9 Å². The number of fused-ring (bicyclic) bond motifs is 1. The Morgan fingerprint density at radius 3 is 2.52 bits per heavy atom. The van der Waals surface area contributed by atoms with Gasteiger partial charge in [0.25, 0.3) is 5.91 Å². The first-order valence-corrected chi connectivity index (χ1v) is 9.62. The molecule has 0 aliphatic rings. The molecule has 0 radical (unpaired) electrons. The van der Waals surface area contributed by atoms with Crippen molar-refractivity contribution in [2.45, 2.75) is 13.8 Å². The molecule has 4 aromatic rings. The Morgan fingerprint density at radius 1 is 1.00 bits per heavy atom. The van der Waals surface area contributed by atoms with Crippen molar-refractivity contribution in [2.75, 3.05) is 5.32 Å². The second kappa shape index (κ2) is 7.15. The summed E-state index contributed by atoms with van der Waals surface area (Å²) >= 11 is 2.21. The molecule has 5 heteroatoms. The van der Waals surface area contributed by atoms with Crippen LogP contribution in [0, 0.1) is 17.4 Å². The zero-order valence-electron chi connectivity index (χ0n) is 14.9. The van der Waals surface area contributed by atoms with E-state index in [0.717, 1.165) is 14.7 Å². The van der Waals surface area contributed by atoms with Crippen molar-refractivity contribution in [2.24, 2.45) is 0 Å². The van der Waals surface area contributed by atoms with Crippen LogP contribution >= 0.6 is 22.6 Å². The van der Waals surface area contributed by atoms with Crippen molar-refractivity contribution in [1.29, 1.82) is 0 Å². The number of anilines is 1. The average Bonchev–Trinajstić information content (AvgIpc) is 3.05. The van der Waals surface area contributed by atoms with E-state index in [1.165, 1.54) is 5.56 Å². The van der Waals surface area contributed by atoms with Crippen LogP contribution in [0.15, 0.2) is 65.1 Å². The van der Waals surface area contributed by atoms with Crippen molar-refractivity contribution < 1.29 is 9.21 Å². The van der Waals surface area contributed by atoms with Crippen LogP contribution in [0.5, 0.6) is 0 Å². The summed E-state index contributed by atoms with van der Waals surface area (Å²) in [6.07, 6.45) is 0. The Kier molecular flexibility index (Phi) is 4.70. The molecular weight excluding hydrogens is 451 g/mol. The molecule has 0 unspecified atom stereocenters. The van der Waals surface area contributed by atoms with Crippen molar-refractivity contribution in [1.82, 2.24) is 4.98 Å². The molecule has 27 heavy (non-hydrogen) atoms. The second-order valence-electron chi connectivity index (χ2n) is 6.48. The molecule has 1 amide bonds. The standard InChI is InChI=1S/C22H17IN2O2/c1-13-3-9-18(14(2)11-13)22-25-19-12-17(8-10-20(19)27-22)24-21(26)15-4-6-16(23)7-5-15/h3-12H,1-2H3,(H,24,26). The molecule has 1 aromatic heterocycles. The number of benzene rings is 3. The summed E-state index contributed by atoms with van der Waals surface area (Å²) in [6.45, 7) is 4.11. The fraction of sp³-hybridized carbons (Fsp3) is 0.0909. The van der Waals surface area contributed by atoms with Gasteiger partial charge in [-0.15, -0.1) is 0 Å². The first-order valence-electron chi connectivity index (χ1n) is 8.55. The van der Waals surface area contributed by atoms with E-state index in [4.69, 9.17) is 4.42 Å². The van der Waals surface area contributed by atoms with Crippen molar-refractivity contribution in [3.05, 3.63) is 80.9 Å². The van der Waals surface area contributed by atoms with Crippen LogP contribution in [0.1, 0.15) is 21.5 Å². The fourth-order valence-electron chi connectivity index (χ4n) is 2.98. The number of carbonyl (C=O) groups is 1. The van der Waals surface area contributed by atoms with Crippen LogP contribution < -0.4 is 5.32 Å². The van der Waals surface area contributed by atoms with Gasteiger partial charge in [0.1, 0.15) is 5.52 Å². The Balaban J connectivity index is 1.62. The highest BCUT2D eigenvalue weighted by Crippen LogP contribution is 2.28. The summed E-state index contributed by atoms with van der Waals surface area (Å²) in [5.74, 6) is 0.437. The summed E-state index contributed by atoms with van der Waals surface area (Å²) in [4.78, 5) is 17.0. The van der Waals surface area contributed by atoms with E-state index >= 15 is 0 Å². The number of oxazole rings is 1. The Bertz CT molecular complexity index is 1150. The number of aromatic nitrogens is 1. The number of aryl methyl sites for hydroxylation is 2. The topological polar surface area (TPSA) is 55.1 Å². The van der Waals surface area contributed by atoms with Gasteiger partial charge >= 0.3 is 0 Å². The Hall–Kier alpha value is -2.67. The molecule has 0 fully saturated rings. The molecule has 0 bridgehead atoms. The van der Waals surface area contributed by atoms with E-state index in [-0.39, 0.29) is 5.91 Å². The van der Waals surface area contributed by atoms with Gasteiger partial charge in [-0.1, -0.05) is 17.7 Å². The number of rotatable bonds is 3. The molecule has 0 saturated carbocycles. The van der Waals surface area contributed by atoms with Crippen LogP contribution in [0.2, 0.25) is 0 Å². The van der Waals surface area contributed by atoms with Gasteiger partial charge < -0.3 is 9.73 Å². The highest BCUT2D eigenvalue weighted by atomic mass is 127. The first-order chi connectivity index (χ1) is 13.0. The van der Waals surface area contributed by atoms with Crippen molar-refractivity contribution >= 4 is 45.3 Å². The predicted molar refractivity (Wildman–Crippen MR) is 116 cm³/mol. The zero-order chi connectivity index (χ0) is 19.0. The summed E-state index contributed by atoms with van der Waals surface area (Å²) < 4.78 is 7.00. The van der Waals surface area contributed by atoms with Crippen molar-refractivity contribution in [3.8, 4) is 11.5 Å². The minimum absolute atomic E-state index is 0.149. The molecule has 134 valence electrons. The number of nitrogens with zero attached hydrogens (tertiary/aromatic N) is 1. The van der Waals surface area contributed by atoms with Gasteiger partial charge in [-0.25, -0.2) is 4.98 Å². The highest BCUT2D eigenvalue weighted by Gasteiger charge is 2.12. The molecular formula is C22H17IN2O2. The lowest BCUT2D eigenvalue weighted by atomic mass is 10.1. The molecule has 0 aliphatic heterocycles. The maximum Gasteiger partial charge on any atom is 0.255 e. The van der Waals surface area contributed by atoms with E-state index in [9.17, 15) is 4.79 Å². The number of hydrogen-bond donors (Lipinski definition) is 1. The molecule has 0 spiro atoms. The number of carbonyl (C=O) groups excluding carboxylic acids is 1. The normalized spacial score (nSPS) is 10.9. The molecule has 0 saturated heterocycles. The molecule has 1 N–H and O–H groups in total. The van der Waals surface area contributed by atoms with Crippen LogP contribution in [0.4, 0.5) is 5.69 Å². The van der Waals surface area contributed by atoms with Gasteiger partial charge in [0.05, 0.1) is 0 Å². The third-order valence-electron chi connectivity index (χ3n) is 4.36. The van der Waals surface area contributed by atoms with Gasteiger partial charge in [0, 0.05) is 20.4 Å². The van der Waals surface area contributed by atoms with E-state index in [2.05, 4.69) is 45.9 Å². The maximum absolute atomic E-state index is 12.4. The Labute approximate surface area is 170 Å². The molecule has 1 heterocycles. The predicted octanol–water partition coefficient (Wildman–Crippen LogP) is 5.97. The van der Waals surface area contributed by atoms with Gasteiger partial charge in [-0.05, 0) is 90.5 Å². The average molecular weight is 468 g/mol. The lowest BCUT2D eigenvalue weighted by molar-refractivity contribution is 0.102. The summed E-state index contributed by atoms with van der Waals surface area (Å²) in [6, 6.07) is 19.1. The number of hydrogen-bond acceptors (Lipinski definition) is 3. The Morgan fingerprint density at radius 2 is 1.78 bits per heavy atom. The third kappa shape index (κ3) is 3.73.